The molecule has 35 heavy (non-hydrogen) atoms. The van der Waals surface area contributed by atoms with E-state index in [9.17, 15) is 43.9 Å². The standard InChI is InChI=1S/C21H22O13S/c22-7-14-17(26)19(28)21(34-35(29,30)31)20(33-14)16-11(25)6-13-15(18(16)27)10(24)5-12(32-13)8-1-3-9(23)4-2-8/h1-6,11,14,16-17,19-23,25-28H,7H2,(H,29,30,31)/t11?,14-,16?,17-,19+,20+,21-/m1/s1. The molecule has 190 valence electrons. The van der Waals surface area contributed by atoms with Gasteiger partial charge in [0.1, 0.15) is 58.4 Å². The number of aromatic hydroxyl groups is 1. The van der Waals surface area contributed by atoms with E-state index < -0.39 is 76.0 Å². The predicted molar refractivity (Wildman–Crippen MR) is 116 cm³/mol. The first-order chi connectivity index (χ1) is 16.4. The fourth-order valence-corrected chi connectivity index (χ4v) is 4.75. The van der Waals surface area contributed by atoms with E-state index in [4.69, 9.17) is 13.7 Å². The van der Waals surface area contributed by atoms with Crippen molar-refractivity contribution in [3.8, 4) is 17.1 Å². The van der Waals surface area contributed by atoms with Crippen LogP contribution in [0.2, 0.25) is 0 Å². The van der Waals surface area contributed by atoms with Gasteiger partial charge in [-0.3, -0.25) is 9.35 Å². The average Bonchev–Trinajstić information content (AvgIpc) is 2.77. The molecule has 0 saturated carbocycles. The number of aliphatic hydroxyl groups is 5. The minimum Gasteiger partial charge on any atom is -0.511 e. The average molecular weight is 514 g/mol. The van der Waals surface area contributed by atoms with E-state index in [1.54, 1.807) is 0 Å². The Balaban J connectivity index is 1.84. The van der Waals surface area contributed by atoms with Gasteiger partial charge in [-0.1, -0.05) is 0 Å². The summed E-state index contributed by atoms with van der Waals surface area (Å²) in [5, 5.41) is 60.7. The molecule has 1 aromatic heterocycles. The SMILES string of the molecule is O=c1cc(-c2ccc(O)cc2)oc2c1=C(O)C([C@@H]1O[C@H](CO)[C@@H](O)[C@H](O)[C@H]1OS(=O)(=O)O)C(O)C=2. The van der Waals surface area contributed by atoms with E-state index >= 15 is 0 Å². The van der Waals surface area contributed by atoms with E-state index in [0.717, 1.165) is 12.1 Å². The molecule has 13 nitrogen and oxygen atoms in total. The monoisotopic (exact) mass is 514 g/mol. The number of hydrogen-bond acceptors (Lipinski definition) is 12. The van der Waals surface area contributed by atoms with Crippen molar-refractivity contribution in [2.75, 3.05) is 6.61 Å². The van der Waals surface area contributed by atoms with Crippen LogP contribution in [0.15, 0.2) is 39.5 Å². The molecule has 2 aliphatic rings. The van der Waals surface area contributed by atoms with Crippen LogP contribution in [0, 0.1) is 5.92 Å². The topological polar surface area (TPSA) is 224 Å². The summed E-state index contributed by atoms with van der Waals surface area (Å²) in [6.07, 6.45) is -9.82. The van der Waals surface area contributed by atoms with Gasteiger partial charge < -0.3 is 39.8 Å². The van der Waals surface area contributed by atoms with Crippen LogP contribution in [0.25, 0.3) is 23.2 Å². The molecule has 1 fully saturated rings. The van der Waals surface area contributed by atoms with Gasteiger partial charge in [0, 0.05) is 11.6 Å². The third-order valence-corrected chi connectivity index (χ3v) is 6.34. The molecule has 1 saturated heterocycles. The van der Waals surface area contributed by atoms with Crippen molar-refractivity contribution in [1.29, 1.82) is 0 Å². The Labute approximate surface area is 197 Å². The van der Waals surface area contributed by atoms with Crippen molar-refractivity contribution < 1.29 is 56.9 Å². The minimum absolute atomic E-state index is 0.0208. The van der Waals surface area contributed by atoms with Gasteiger partial charge in [-0.05, 0) is 30.3 Å². The van der Waals surface area contributed by atoms with Crippen LogP contribution in [-0.4, -0.2) is 86.8 Å². The van der Waals surface area contributed by atoms with E-state index in [2.05, 4.69) is 4.18 Å². The maximum Gasteiger partial charge on any atom is 0.397 e. The summed E-state index contributed by atoms with van der Waals surface area (Å²) in [5.41, 5.74) is -0.557. The summed E-state index contributed by atoms with van der Waals surface area (Å²) < 4.78 is 47.4. The third kappa shape index (κ3) is 4.82. The lowest BCUT2D eigenvalue weighted by Crippen LogP contribution is -2.64. The summed E-state index contributed by atoms with van der Waals surface area (Å²) in [4.78, 5) is 12.9. The quantitative estimate of drug-likeness (QED) is 0.199. The van der Waals surface area contributed by atoms with Gasteiger partial charge in [0.15, 0.2) is 5.43 Å². The van der Waals surface area contributed by atoms with E-state index in [-0.39, 0.29) is 16.9 Å². The summed E-state index contributed by atoms with van der Waals surface area (Å²) >= 11 is 0. The van der Waals surface area contributed by atoms with Crippen LogP contribution in [0.3, 0.4) is 0 Å². The van der Waals surface area contributed by atoms with Crippen LogP contribution in [0.4, 0.5) is 0 Å². The lowest BCUT2D eigenvalue weighted by Gasteiger charge is -2.44. The number of aliphatic hydroxyl groups excluding tert-OH is 5. The Hall–Kier alpha value is -2.82. The number of benzene rings is 1. The zero-order valence-corrected chi connectivity index (χ0v) is 18.5. The highest BCUT2D eigenvalue weighted by atomic mass is 32.3. The maximum absolute atomic E-state index is 12.9. The zero-order chi connectivity index (χ0) is 25.7. The van der Waals surface area contributed by atoms with Crippen LogP contribution >= 0.6 is 0 Å². The molecule has 0 spiro atoms. The third-order valence-electron chi connectivity index (χ3n) is 5.88. The number of ether oxygens (including phenoxy) is 1. The second-order valence-electron chi connectivity index (χ2n) is 8.12. The zero-order valence-electron chi connectivity index (χ0n) is 17.7. The van der Waals surface area contributed by atoms with Crippen molar-refractivity contribution >= 4 is 22.2 Å². The maximum atomic E-state index is 12.9. The Morgan fingerprint density at radius 1 is 1.03 bits per heavy atom. The first kappa shape index (κ1) is 25.3. The molecule has 14 heteroatoms. The Morgan fingerprint density at radius 2 is 1.69 bits per heavy atom. The Kier molecular flexibility index (Phi) is 6.74. The predicted octanol–water partition coefficient (Wildman–Crippen LogP) is -2.88. The largest absolute Gasteiger partial charge is 0.511 e. The smallest absolute Gasteiger partial charge is 0.397 e. The van der Waals surface area contributed by atoms with Gasteiger partial charge in [0.25, 0.3) is 0 Å². The number of fused-ring (bicyclic) bond motifs is 1. The summed E-state index contributed by atoms with van der Waals surface area (Å²) in [6, 6.07) is 6.72. The van der Waals surface area contributed by atoms with E-state index in [1.807, 2.05) is 0 Å². The summed E-state index contributed by atoms with van der Waals surface area (Å²) in [5.74, 6) is -2.39. The molecule has 0 bridgehead atoms. The molecule has 2 aromatic rings. The fraction of sp³-hybridized carbons (Fsp3) is 0.381. The number of phenols is 1. The molecule has 4 rings (SSSR count). The molecule has 1 aromatic carbocycles. The Bertz CT molecular complexity index is 1380. The summed E-state index contributed by atoms with van der Waals surface area (Å²) in [6.45, 7) is -0.838. The highest BCUT2D eigenvalue weighted by molar-refractivity contribution is 7.80. The number of phenolic OH excluding ortho intramolecular Hbond substituents is 1. The molecule has 2 unspecified atom stereocenters. The lowest BCUT2D eigenvalue weighted by molar-refractivity contribution is -0.235. The van der Waals surface area contributed by atoms with Crippen LogP contribution in [0.5, 0.6) is 5.75 Å². The van der Waals surface area contributed by atoms with Gasteiger partial charge in [0.05, 0.1) is 18.6 Å². The Morgan fingerprint density at radius 3 is 2.29 bits per heavy atom. The molecule has 1 aliphatic carbocycles. The first-order valence-electron chi connectivity index (χ1n) is 10.3. The van der Waals surface area contributed by atoms with Gasteiger partial charge in [0.2, 0.25) is 0 Å². The minimum atomic E-state index is -5.21. The van der Waals surface area contributed by atoms with Crippen LogP contribution in [0.1, 0.15) is 0 Å². The molecule has 7 atom stereocenters. The molecular formula is C21H22O13S. The van der Waals surface area contributed by atoms with Crippen molar-refractivity contribution in [1.82, 2.24) is 0 Å². The molecule has 1 aliphatic heterocycles. The molecule has 0 amide bonds. The van der Waals surface area contributed by atoms with E-state index in [0.29, 0.717) is 5.56 Å². The van der Waals surface area contributed by atoms with E-state index in [1.165, 1.54) is 24.3 Å². The van der Waals surface area contributed by atoms with Crippen molar-refractivity contribution in [3.05, 3.63) is 51.2 Å². The van der Waals surface area contributed by atoms with Crippen molar-refractivity contribution in [3.63, 3.8) is 0 Å². The van der Waals surface area contributed by atoms with Crippen molar-refractivity contribution in [2.45, 2.75) is 36.6 Å². The van der Waals surface area contributed by atoms with Gasteiger partial charge in [-0.2, -0.15) is 8.42 Å². The van der Waals surface area contributed by atoms with Crippen LogP contribution < -0.4 is 16.1 Å². The lowest BCUT2D eigenvalue weighted by atomic mass is 9.81. The second kappa shape index (κ2) is 9.33. The highest BCUT2D eigenvalue weighted by Gasteiger charge is 2.52. The van der Waals surface area contributed by atoms with Gasteiger partial charge >= 0.3 is 10.4 Å². The second-order valence-corrected chi connectivity index (χ2v) is 9.17. The highest BCUT2D eigenvalue weighted by Crippen LogP contribution is 2.34. The van der Waals surface area contributed by atoms with Gasteiger partial charge in [-0.25, -0.2) is 4.18 Å². The van der Waals surface area contributed by atoms with Gasteiger partial charge in [-0.15, -0.1) is 0 Å². The molecule has 2 heterocycles. The number of rotatable bonds is 5. The number of hydrogen-bond donors (Lipinski definition) is 7. The van der Waals surface area contributed by atoms with Crippen molar-refractivity contribution in [2.24, 2.45) is 5.92 Å². The van der Waals surface area contributed by atoms with Crippen LogP contribution in [-0.2, 0) is 19.3 Å². The summed E-state index contributed by atoms with van der Waals surface area (Å²) in [7, 11) is -5.21. The molecular weight excluding hydrogens is 492 g/mol. The molecule has 0 radical (unpaired) electrons. The normalized spacial score (nSPS) is 31.0. The first-order valence-corrected chi connectivity index (χ1v) is 11.6. The fourth-order valence-electron chi connectivity index (χ4n) is 4.25. The molecule has 7 N–H and O–H groups in total.